The van der Waals surface area contributed by atoms with Crippen molar-refractivity contribution < 1.29 is 13.2 Å². The Kier molecular flexibility index (Phi) is 4.00. The van der Waals surface area contributed by atoms with E-state index in [0.717, 1.165) is 12.0 Å². The van der Waals surface area contributed by atoms with Gasteiger partial charge in [-0.15, -0.1) is 0 Å². The van der Waals surface area contributed by atoms with Crippen molar-refractivity contribution in [1.29, 1.82) is 0 Å². The third kappa shape index (κ3) is 2.77. The highest BCUT2D eigenvalue weighted by Crippen LogP contribution is 2.37. The second-order valence-electron chi connectivity index (χ2n) is 4.28. The fraction of sp³-hybridized carbons (Fsp3) is 0.538. The molecule has 0 aromatic heterocycles. The highest BCUT2D eigenvalue weighted by Gasteiger charge is 2.34. The molecule has 0 amide bonds. The van der Waals surface area contributed by atoms with Crippen molar-refractivity contribution in [2.75, 3.05) is 0 Å². The maximum absolute atomic E-state index is 12.8. The van der Waals surface area contributed by atoms with Crippen LogP contribution in [0.2, 0.25) is 0 Å². The second-order valence-corrected chi connectivity index (χ2v) is 4.28. The molecule has 0 aliphatic carbocycles. The summed E-state index contributed by atoms with van der Waals surface area (Å²) in [6.45, 7) is 5.60. The van der Waals surface area contributed by atoms with Gasteiger partial charge in [0.1, 0.15) is 0 Å². The molecule has 0 bridgehead atoms. The van der Waals surface area contributed by atoms with Gasteiger partial charge in [0.15, 0.2) is 0 Å². The molecule has 0 unspecified atom stereocenters. The minimum atomic E-state index is -4.25. The van der Waals surface area contributed by atoms with Gasteiger partial charge in [0.25, 0.3) is 0 Å². The summed E-state index contributed by atoms with van der Waals surface area (Å²) in [5, 5.41) is 0. The Morgan fingerprint density at radius 1 is 1.19 bits per heavy atom. The van der Waals surface area contributed by atoms with Gasteiger partial charge >= 0.3 is 6.18 Å². The van der Waals surface area contributed by atoms with Crippen LogP contribution in [0.4, 0.5) is 13.2 Å². The van der Waals surface area contributed by atoms with Gasteiger partial charge in [-0.25, -0.2) is 0 Å². The zero-order valence-electron chi connectivity index (χ0n) is 9.86. The average Bonchev–Trinajstić information content (AvgIpc) is 2.16. The van der Waals surface area contributed by atoms with E-state index in [1.165, 1.54) is 12.1 Å². The fourth-order valence-corrected chi connectivity index (χ4v) is 2.03. The zero-order valence-corrected chi connectivity index (χ0v) is 9.86. The number of rotatable bonds is 3. The topological polar surface area (TPSA) is 0 Å². The van der Waals surface area contributed by atoms with Crippen LogP contribution < -0.4 is 0 Å². The van der Waals surface area contributed by atoms with Gasteiger partial charge in [-0.3, -0.25) is 0 Å². The van der Waals surface area contributed by atoms with Crippen LogP contribution in [-0.4, -0.2) is 0 Å². The number of aryl methyl sites for hydroxylation is 1. The normalized spacial score (nSPS) is 12.2. The van der Waals surface area contributed by atoms with Crippen LogP contribution >= 0.6 is 0 Å². The van der Waals surface area contributed by atoms with E-state index in [0.29, 0.717) is 12.0 Å². The Morgan fingerprint density at radius 3 is 2.25 bits per heavy atom. The molecule has 16 heavy (non-hydrogen) atoms. The molecular weight excluding hydrogens is 213 g/mol. The Labute approximate surface area is 94.5 Å². The smallest absolute Gasteiger partial charge is 0.166 e. The number of benzene rings is 1. The summed E-state index contributed by atoms with van der Waals surface area (Å²) in [5.74, 6) is -0.0978. The summed E-state index contributed by atoms with van der Waals surface area (Å²) in [5.41, 5.74) is 0.803. The minimum Gasteiger partial charge on any atom is -0.166 e. The van der Waals surface area contributed by atoms with E-state index in [2.05, 4.69) is 0 Å². The molecule has 1 aromatic carbocycles. The SMILES string of the molecule is CCCc1cccc(C(F)(F)F)c1C(C)C. The van der Waals surface area contributed by atoms with Gasteiger partial charge in [-0.1, -0.05) is 39.3 Å². The number of hydrogen-bond donors (Lipinski definition) is 0. The van der Waals surface area contributed by atoms with E-state index in [4.69, 9.17) is 0 Å². The molecule has 0 N–H and O–H groups in total. The first-order valence-electron chi connectivity index (χ1n) is 5.56. The molecule has 0 radical (unpaired) electrons. The van der Waals surface area contributed by atoms with Gasteiger partial charge in [0.2, 0.25) is 0 Å². The first-order chi connectivity index (χ1) is 7.38. The van der Waals surface area contributed by atoms with Crippen molar-refractivity contribution in [3.63, 3.8) is 0 Å². The Morgan fingerprint density at radius 2 is 1.81 bits per heavy atom. The van der Waals surface area contributed by atoms with E-state index in [9.17, 15) is 13.2 Å². The van der Waals surface area contributed by atoms with Crippen LogP contribution in [-0.2, 0) is 12.6 Å². The lowest BCUT2D eigenvalue weighted by Gasteiger charge is -2.19. The van der Waals surface area contributed by atoms with E-state index in [1.54, 1.807) is 6.07 Å². The zero-order chi connectivity index (χ0) is 12.3. The largest absolute Gasteiger partial charge is 0.416 e. The van der Waals surface area contributed by atoms with Gasteiger partial charge in [-0.05, 0) is 29.5 Å². The van der Waals surface area contributed by atoms with Crippen molar-refractivity contribution in [2.24, 2.45) is 0 Å². The predicted molar refractivity (Wildman–Crippen MR) is 59.5 cm³/mol. The standard InChI is InChI=1S/C13H17F3/c1-4-6-10-7-5-8-11(13(14,15)16)12(10)9(2)3/h5,7-9H,4,6H2,1-3H3. The van der Waals surface area contributed by atoms with Crippen LogP contribution in [0.3, 0.4) is 0 Å². The molecule has 0 fully saturated rings. The van der Waals surface area contributed by atoms with E-state index >= 15 is 0 Å². The maximum atomic E-state index is 12.8. The molecular formula is C13H17F3. The molecule has 0 heterocycles. The molecule has 0 aliphatic heterocycles. The summed E-state index contributed by atoms with van der Waals surface area (Å²) < 4.78 is 38.5. The fourth-order valence-electron chi connectivity index (χ4n) is 2.03. The van der Waals surface area contributed by atoms with Crippen molar-refractivity contribution in [3.05, 3.63) is 34.9 Å². The molecule has 0 saturated heterocycles. The third-order valence-corrected chi connectivity index (χ3v) is 2.60. The molecule has 0 atom stereocenters. The Balaban J connectivity index is 3.33. The monoisotopic (exact) mass is 230 g/mol. The maximum Gasteiger partial charge on any atom is 0.416 e. The van der Waals surface area contributed by atoms with Crippen molar-refractivity contribution in [2.45, 2.75) is 45.7 Å². The van der Waals surface area contributed by atoms with Crippen LogP contribution in [0.1, 0.15) is 49.8 Å². The quantitative estimate of drug-likeness (QED) is 0.700. The predicted octanol–water partition coefficient (Wildman–Crippen LogP) is 4.78. The lowest BCUT2D eigenvalue weighted by molar-refractivity contribution is -0.138. The average molecular weight is 230 g/mol. The Hall–Kier alpha value is -0.990. The van der Waals surface area contributed by atoms with Gasteiger partial charge in [0.05, 0.1) is 5.56 Å². The van der Waals surface area contributed by atoms with Crippen LogP contribution in [0.5, 0.6) is 0 Å². The summed E-state index contributed by atoms with van der Waals surface area (Å²) in [7, 11) is 0. The summed E-state index contributed by atoms with van der Waals surface area (Å²) >= 11 is 0. The van der Waals surface area contributed by atoms with Gasteiger partial charge in [0, 0.05) is 0 Å². The minimum absolute atomic E-state index is 0.0978. The Bertz CT molecular complexity index is 351. The van der Waals surface area contributed by atoms with E-state index in [-0.39, 0.29) is 5.92 Å². The van der Waals surface area contributed by atoms with Gasteiger partial charge < -0.3 is 0 Å². The molecule has 90 valence electrons. The molecule has 1 aromatic rings. The van der Waals surface area contributed by atoms with Crippen LogP contribution in [0, 0.1) is 0 Å². The van der Waals surface area contributed by atoms with Crippen molar-refractivity contribution in [3.8, 4) is 0 Å². The molecule has 0 spiro atoms. The highest BCUT2D eigenvalue weighted by atomic mass is 19.4. The molecule has 3 heteroatoms. The van der Waals surface area contributed by atoms with Crippen LogP contribution in [0.15, 0.2) is 18.2 Å². The molecule has 0 nitrogen and oxygen atoms in total. The number of hydrogen-bond acceptors (Lipinski definition) is 0. The number of halogens is 3. The summed E-state index contributed by atoms with van der Waals surface area (Å²) in [4.78, 5) is 0. The van der Waals surface area contributed by atoms with E-state index < -0.39 is 11.7 Å². The van der Waals surface area contributed by atoms with Crippen molar-refractivity contribution >= 4 is 0 Å². The third-order valence-electron chi connectivity index (χ3n) is 2.60. The number of alkyl halides is 3. The lowest BCUT2D eigenvalue weighted by Crippen LogP contribution is -2.12. The first kappa shape index (κ1) is 13.1. The first-order valence-corrected chi connectivity index (χ1v) is 5.56. The molecule has 1 rings (SSSR count). The van der Waals surface area contributed by atoms with E-state index in [1.807, 2.05) is 20.8 Å². The highest BCUT2D eigenvalue weighted by molar-refractivity contribution is 5.39. The second kappa shape index (κ2) is 4.89. The summed E-state index contributed by atoms with van der Waals surface area (Å²) in [6, 6.07) is 4.47. The van der Waals surface area contributed by atoms with Gasteiger partial charge in [-0.2, -0.15) is 13.2 Å². The molecule has 0 aliphatic rings. The summed E-state index contributed by atoms with van der Waals surface area (Å²) in [6.07, 6.45) is -2.68. The van der Waals surface area contributed by atoms with Crippen molar-refractivity contribution in [1.82, 2.24) is 0 Å². The lowest BCUT2D eigenvalue weighted by atomic mass is 9.90. The van der Waals surface area contributed by atoms with Crippen LogP contribution in [0.25, 0.3) is 0 Å². The molecule has 0 saturated carbocycles.